The van der Waals surface area contributed by atoms with E-state index in [1.54, 1.807) is 0 Å². The van der Waals surface area contributed by atoms with Crippen LogP contribution >= 0.6 is 0 Å². The van der Waals surface area contributed by atoms with E-state index in [9.17, 15) is 5.11 Å². The zero-order chi connectivity index (χ0) is 8.77. The van der Waals surface area contributed by atoms with E-state index in [4.69, 9.17) is 0 Å². The smallest absolute Gasteiger partial charge is 0.0681 e. The van der Waals surface area contributed by atoms with Crippen molar-refractivity contribution in [2.75, 3.05) is 0 Å². The summed E-state index contributed by atoms with van der Waals surface area (Å²) >= 11 is 0. The van der Waals surface area contributed by atoms with Gasteiger partial charge in [-0.2, -0.15) is 0 Å². The Labute approximate surface area is 75.2 Å². The minimum Gasteiger partial charge on any atom is -0.390 e. The van der Waals surface area contributed by atoms with E-state index in [1.807, 2.05) is 0 Å². The number of aliphatic hydroxyl groups is 1. The third-order valence-electron chi connectivity index (χ3n) is 4.04. The van der Waals surface area contributed by atoms with Gasteiger partial charge in [0.25, 0.3) is 0 Å². The molecule has 0 saturated heterocycles. The van der Waals surface area contributed by atoms with Gasteiger partial charge in [-0.15, -0.1) is 0 Å². The molecule has 2 aliphatic rings. The van der Waals surface area contributed by atoms with Crippen molar-refractivity contribution in [2.24, 2.45) is 17.8 Å². The van der Waals surface area contributed by atoms with Crippen LogP contribution in [0.4, 0.5) is 0 Å². The van der Waals surface area contributed by atoms with Crippen LogP contribution in [0.3, 0.4) is 0 Å². The zero-order valence-corrected chi connectivity index (χ0v) is 8.21. The molecule has 0 aromatic carbocycles. The summed E-state index contributed by atoms with van der Waals surface area (Å²) in [6.07, 6.45) is 6.06. The van der Waals surface area contributed by atoms with Gasteiger partial charge in [-0.3, -0.25) is 0 Å². The van der Waals surface area contributed by atoms with E-state index in [0.29, 0.717) is 5.92 Å². The SMILES string of the molecule is CC(C)C1CC(O)(C2CCC2)C1. The highest BCUT2D eigenvalue weighted by atomic mass is 16.3. The van der Waals surface area contributed by atoms with Crippen LogP contribution in [0.5, 0.6) is 0 Å². The molecule has 2 saturated carbocycles. The van der Waals surface area contributed by atoms with Crippen molar-refractivity contribution in [3.8, 4) is 0 Å². The van der Waals surface area contributed by atoms with Crippen molar-refractivity contribution < 1.29 is 5.11 Å². The summed E-state index contributed by atoms with van der Waals surface area (Å²) in [4.78, 5) is 0. The molecule has 2 aliphatic carbocycles. The van der Waals surface area contributed by atoms with E-state index >= 15 is 0 Å². The van der Waals surface area contributed by atoms with Crippen LogP contribution in [-0.4, -0.2) is 10.7 Å². The molecule has 1 heteroatoms. The Bertz CT molecular complexity index is 164. The Hall–Kier alpha value is -0.0400. The Balaban J connectivity index is 1.84. The maximum absolute atomic E-state index is 10.1. The number of rotatable bonds is 2. The van der Waals surface area contributed by atoms with Gasteiger partial charge in [0.15, 0.2) is 0 Å². The van der Waals surface area contributed by atoms with Crippen molar-refractivity contribution in [1.29, 1.82) is 0 Å². The minimum atomic E-state index is -0.229. The van der Waals surface area contributed by atoms with Crippen LogP contribution in [0.25, 0.3) is 0 Å². The maximum Gasteiger partial charge on any atom is 0.0681 e. The zero-order valence-electron chi connectivity index (χ0n) is 8.21. The van der Waals surface area contributed by atoms with E-state index in [-0.39, 0.29) is 5.60 Å². The lowest BCUT2D eigenvalue weighted by atomic mass is 9.56. The largest absolute Gasteiger partial charge is 0.390 e. The van der Waals surface area contributed by atoms with Gasteiger partial charge in [-0.1, -0.05) is 20.3 Å². The quantitative estimate of drug-likeness (QED) is 0.672. The lowest BCUT2D eigenvalue weighted by Crippen LogP contribution is -2.53. The van der Waals surface area contributed by atoms with Crippen molar-refractivity contribution in [3.63, 3.8) is 0 Å². The highest BCUT2D eigenvalue weighted by Crippen LogP contribution is 2.52. The standard InChI is InChI=1S/C11H20O/c1-8(2)9-6-11(12,7-9)10-4-3-5-10/h8-10,12H,3-7H2,1-2H3. The molecule has 1 nitrogen and oxygen atoms in total. The predicted molar refractivity (Wildman–Crippen MR) is 49.9 cm³/mol. The predicted octanol–water partition coefficient (Wildman–Crippen LogP) is 2.58. The first kappa shape index (κ1) is 8.55. The lowest BCUT2D eigenvalue weighted by molar-refractivity contribution is -0.148. The average Bonchev–Trinajstić information content (AvgIpc) is 1.77. The Morgan fingerprint density at radius 1 is 1.25 bits per heavy atom. The molecule has 0 radical (unpaired) electrons. The molecule has 0 bridgehead atoms. The maximum atomic E-state index is 10.1. The van der Waals surface area contributed by atoms with Crippen molar-refractivity contribution in [1.82, 2.24) is 0 Å². The van der Waals surface area contributed by atoms with Gasteiger partial charge in [0.2, 0.25) is 0 Å². The summed E-state index contributed by atoms with van der Waals surface area (Å²) < 4.78 is 0. The molecule has 0 heterocycles. The van der Waals surface area contributed by atoms with Crippen molar-refractivity contribution in [3.05, 3.63) is 0 Å². The first-order chi connectivity index (χ1) is 5.62. The summed E-state index contributed by atoms with van der Waals surface area (Å²) in [5.41, 5.74) is -0.229. The van der Waals surface area contributed by atoms with Gasteiger partial charge in [0, 0.05) is 0 Å². The van der Waals surface area contributed by atoms with Gasteiger partial charge >= 0.3 is 0 Å². The van der Waals surface area contributed by atoms with E-state index in [1.165, 1.54) is 19.3 Å². The van der Waals surface area contributed by atoms with Crippen LogP contribution in [0.2, 0.25) is 0 Å². The molecule has 0 unspecified atom stereocenters. The molecule has 0 aromatic heterocycles. The van der Waals surface area contributed by atoms with Gasteiger partial charge in [-0.05, 0) is 43.4 Å². The Morgan fingerprint density at radius 2 is 1.83 bits per heavy atom. The second kappa shape index (κ2) is 2.73. The molecule has 0 amide bonds. The number of hydrogen-bond donors (Lipinski definition) is 1. The first-order valence-electron chi connectivity index (χ1n) is 5.34. The van der Waals surface area contributed by atoms with Crippen LogP contribution < -0.4 is 0 Å². The van der Waals surface area contributed by atoms with E-state index < -0.39 is 0 Å². The average molecular weight is 168 g/mol. The lowest BCUT2D eigenvalue weighted by Gasteiger charge is -2.53. The normalized spacial score (nSPS) is 42.5. The van der Waals surface area contributed by atoms with Gasteiger partial charge in [0.05, 0.1) is 5.60 Å². The fourth-order valence-corrected chi connectivity index (χ4v) is 2.60. The van der Waals surface area contributed by atoms with Crippen LogP contribution in [-0.2, 0) is 0 Å². The molecule has 0 aromatic rings. The Morgan fingerprint density at radius 3 is 2.17 bits per heavy atom. The molecule has 0 spiro atoms. The molecular formula is C11H20O. The minimum absolute atomic E-state index is 0.229. The second-order valence-electron chi connectivity index (χ2n) is 5.14. The third kappa shape index (κ3) is 1.19. The highest BCUT2D eigenvalue weighted by Gasteiger charge is 2.50. The van der Waals surface area contributed by atoms with Crippen molar-refractivity contribution in [2.45, 2.75) is 51.6 Å². The van der Waals surface area contributed by atoms with Gasteiger partial charge in [-0.25, -0.2) is 0 Å². The topological polar surface area (TPSA) is 20.2 Å². The third-order valence-corrected chi connectivity index (χ3v) is 4.04. The second-order valence-corrected chi connectivity index (χ2v) is 5.14. The van der Waals surface area contributed by atoms with Crippen LogP contribution in [0.15, 0.2) is 0 Å². The van der Waals surface area contributed by atoms with Gasteiger partial charge < -0.3 is 5.11 Å². The first-order valence-corrected chi connectivity index (χ1v) is 5.34. The van der Waals surface area contributed by atoms with E-state index in [2.05, 4.69) is 13.8 Å². The molecule has 0 aliphatic heterocycles. The number of hydrogen-bond acceptors (Lipinski definition) is 1. The summed E-state index contributed by atoms with van der Waals surface area (Å²) in [5.74, 6) is 2.23. The molecule has 0 atom stereocenters. The van der Waals surface area contributed by atoms with E-state index in [0.717, 1.165) is 24.7 Å². The monoisotopic (exact) mass is 168 g/mol. The summed E-state index contributed by atoms with van der Waals surface area (Å²) in [7, 11) is 0. The summed E-state index contributed by atoms with van der Waals surface area (Å²) in [5, 5.41) is 10.1. The molecule has 12 heavy (non-hydrogen) atoms. The van der Waals surface area contributed by atoms with Crippen LogP contribution in [0.1, 0.15) is 46.0 Å². The van der Waals surface area contributed by atoms with Crippen LogP contribution in [0, 0.1) is 17.8 Å². The fraction of sp³-hybridized carbons (Fsp3) is 1.00. The molecule has 1 N–H and O–H groups in total. The summed E-state index contributed by atoms with van der Waals surface area (Å²) in [6, 6.07) is 0. The Kier molecular flexibility index (Phi) is 1.95. The molecule has 70 valence electrons. The highest BCUT2D eigenvalue weighted by molar-refractivity contribution is 5.01. The summed E-state index contributed by atoms with van der Waals surface area (Å²) in [6.45, 7) is 4.54. The van der Waals surface area contributed by atoms with Gasteiger partial charge in [0.1, 0.15) is 0 Å². The molecule has 2 fully saturated rings. The molecule has 2 rings (SSSR count). The fourth-order valence-electron chi connectivity index (χ4n) is 2.60. The van der Waals surface area contributed by atoms with Crippen molar-refractivity contribution >= 4 is 0 Å². The molecular weight excluding hydrogens is 148 g/mol.